The Morgan fingerprint density at radius 3 is 2.64 bits per heavy atom. The summed E-state index contributed by atoms with van der Waals surface area (Å²) in [6.07, 6.45) is 0.846. The molecule has 2 aromatic carbocycles. The zero-order valence-corrected chi connectivity index (χ0v) is 12.8. The molecule has 3 rings (SSSR count). The van der Waals surface area contributed by atoms with Gasteiger partial charge in [-0.25, -0.2) is 4.39 Å². The summed E-state index contributed by atoms with van der Waals surface area (Å²) in [7, 11) is 0. The topological polar surface area (TPSA) is 30.5 Å². The molecule has 116 valence electrons. The van der Waals surface area contributed by atoms with Gasteiger partial charge in [-0.2, -0.15) is 0 Å². The van der Waals surface area contributed by atoms with Crippen molar-refractivity contribution in [3.05, 3.63) is 58.4 Å². The molecule has 0 saturated carbocycles. The van der Waals surface area contributed by atoms with Crippen LogP contribution in [0.5, 0.6) is 11.5 Å². The second kappa shape index (κ2) is 6.99. The van der Waals surface area contributed by atoms with Crippen LogP contribution in [-0.2, 0) is 13.0 Å². The molecule has 1 heterocycles. The molecule has 22 heavy (non-hydrogen) atoms. The first-order valence-electron chi connectivity index (χ1n) is 7.25. The molecule has 0 aromatic heterocycles. The van der Waals surface area contributed by atoms with Gasteiger partial charge in [0.05, 0.1) is 5.02 Å². The van der Waals surface area contributed by atoms with Gasteiger partial charge in [0.2, 0.25) is 0 Å². The van der Waals surface area contributed by atoms with E-state index in [2.05, 4.69) is 5.32 Å². The summed E-state index contributed by atoms with van der Waals surface area (Å²) in [6.45, 7) is 2.57. The predicted octanol–water partition coefficient (Wildman–Crippen LogP) is 3.58. The lowest BCUT2D eigenvalue weighted by molar-refractivity contribution is 0.171. The highest BCUT2D eigenvalue weighted by molar-refractivity contribution is 6.32. The van der Waals surface area contributed by atoms with Gasteiger partial charge in [0.15, 0.2) is 11.5 Å². The molecule has 1 N–H and O–H groups in total. The number of ether oxygens (including phenoxy) is 2. The number of hydrogen-bond acceptors (Lipinski definition) is 3. The first-order chi connectivity index (χ1) is 10.7. The van der Waals surface area contributed by atoms with Crippen molar-refractivity contribution in [2.45, 2.75) is 13.0 Å². The Bertz CT molecular complexity index is 646. The minimum absolute atomic E-state index is 0.206. The third kappa shape index (κ3) is 3.70. The average molecular weight is 322 g/mol. The van der Waals surface area contributed by atoms with E-state index in [1.54, 1.807) is 12.1 Å². The number of halogens is 2. The fourth-order valence-electron chi connectivity index (χ4n) is 2.38. The Labute approximate surface area is 134 Å². The van der Waals surface area contributed by atoms with Crippen molar-refractivity contribution in [2.75, 3.05) is 19.8 Å². The van der Waals surface area contributed by atoms with Crippen LogP contribution in [0.1, 0.15) is 11.1 Å². The molecular weight excluding hydrogens is 305 g/mol. The maximum Gasteiger partial charge on any atom is 0.179 e. The summed E-state index contributed by atoms with van der Waals surface area (Å²) in [6, 6.07) is 10.4. The second-order valence-electron chi connectivity index (χ2n) is 5.16. The van der Waals surface area contributed by atoms with Gasteiger partial charge < -0.3 is 14.8 Å². The smallest absolute Gasteiger partial charge is 0.179 e. The first-order valence-corrected chi connectivity index (χ1v) is 7.63. The normalized spacial score (nSPS) is 13.2. The zero-order chi connectivity index (χ0) is 15.4. The van der Waals surface area contributed by atoms with Crippen LogP contribution in [0.4, 0.5) is 4.39 Å². The Balaban J connectivity index is 1.53. The van der Waals surface area contributed by atoms with Crippen molar-refractivity contribution < 1.29 is 13.9 Å². The van der Waals surface area contributed by atoms with E-state index in [0.717, 1.165) is 24.1 Å². The van der Waals surface area contributed by atoms with Crippen molar-refractivity contribution in [3.63, 3.8) is 0 Å². The lowest BCUT2D eigenvalue weighted by Gasteiger charge is -2.20. The summed E-state index contributed by atoms with van der Waals surface area (Å²) < 4.78 is 23.9. The van der Waals surface area contributed by atoms with Gasteiger partial charge >= 0.3 is 0 Å². The van der Waals surface area contributed by atoms with Crippen LogP contribution in [0.3, 0.4) is 0 Å². The van der Waals surface area contributed by atoms with E-state index >= 15 is 0 Å². The number of benzene rings is 2. The van der Waals surface area contributed by atoms with E-state index in [4.69, 9.17) is 21.1 Å². The molecule has 1 aliphatic heterocycles. The number of fused-ring (bicyclic) bond motifs is 1. The van der Waals surface area contributed by atoms with Gasteiger partial charge in [-0.05, 0) is 48.4 Å². The highest BCUT2D eigenvalue weighted by Crippen LogP contribution is 2.38. The molecule has 1 aliphatic rings. The van der Waals surface area contributed by atoms with Gasteiger partial charge in [0.1, 0.15) is 19.0 Å². The highest BCUT2D eigenvalue weighted by Gasteiger charge is 2.16. The maximum atomic E-state index is 12.8. The van der Waals surface area contributed by atoms with Crippen molar-refractivity contribution >= 4 is 11.6 Å². The van der Waals surface area contributed by atoms with E-state index in [0.29, 0.717) is 36.3 Å². The molecular formula is C17H17ClFNO2. The number of rotatable bonds is 5. The number of nitrogens with one attached hydrogen (secondary N) is 1. The lowest BCUT2D eigenvalue weighted by atomic mass is 10.1. The van der Waals surface area contributed by atoms with Crippen molar-refractivity contribution in [1.29, 1.82) is 0 Å². The monoisotopic (exact) mass is 321 g/mol. The summed E-state index contributed by atoms with van der Waals surface area (Å²) in [5.41, 5.74) is 2.16. The van der Waals surface area contributed by atoms with E-state index in [9.17, 15) is 4.39 Å². The summed E-state index contributed by atoms with van der Waals surface area (Å²) in [5.74, 6) is 1.12. The van der Waals surface area contributed by atoms with E-state index in [-0.39, 0.29) is 5.82 Å². The third-order valence-electron chi connectivity index (χ3n) is 3.49. The molecule has 0 unspecified atom stereocenters. The largest absolute Gasteiger partial charge is 0.486 e. The molecule has 3 nitrogen and oxygen atoms in total. The minimum atomic E-state index is -0.206. The van der Waals surface area contributed by atoms with E-state index in [1.165, 1.54) is 12.1 Å². The lowest BCUT2D eigenvalue weighted by Crippen LogP contribution is -2.18. The summed E-state index contributed by atoms with van der Waals surface area (Å²) in [4.78, 5) is 0. The molecule has 0 spiro atoms. The van der Waals surface area contributed by atoms with Crippen molar-refractivity contribution in [3.8, 4) is 11.5 Å². The summed E-state index contributed by atoms with van der Waals surface area (Å²) >= 11 is 6.20. The van der Waals surface area contributed by atoms with Crippen LogP contribution in [0, 0.1) is 5.82 Å². The maximum absolute atomic E-state index is 12.8. The van der Waals surface area contributed by atoms with Crippen LogP contribution in [0.25, 0.3) is 0 Å². The SMILES string of the molecule is Fc1ccc(CCNCc2cc(Cl)c3c(c2)OCCO3)cc1. The Morgan fingerprint density at radius 2 is 1.82 bits per heavy atom. The fourth-order valence-corrected chi connectivity index (χ4v) is 2.67. The molecule has 0 saturated heterocycles. The summed E-state index contributed by atoms with van der Waals surface area (Å²) in [5, 5.41) is 3.93. The predicted molar refractivity (Wildman–Crippen MR) is 84.3 cm³/mol. The molecule has 0 bridgehead atoms. The molecule has 0 amide bonds. The quantitative estimate of drug-likeness (QED) is 0.854. The second-order valence-corrected chi connectivity index (χ2v) is 5.56. The fraction of sp³-hybridized carbons (Fsp3) is 0.294. The van der Waals surface area contributed by atoms with E-state index < -0.39 is 0 Å². The molecule has 0 fully saturated rings. The Hall–Kier alpha value is -1.78. The van der Waals surface area contributed by atoms with Gasteiger partial charge in [0.25, 0.3) is 0 Å². The van der Waals surface area contributed by atoms with Gasteiger partial charge in [0, 0.05) is 6.54 Å². The standard InChI is InChI=1S/C17H17ClFNO2/c18-15-9-13(10-16-17(15)22-8-7-21-16)11-20-6-5-12-1-3-14(19)4-2-12/h1-4,9-10,20H,5-8,11H2. The van der Waals surface area contributed by atoms with E-state index in [1.807, 2.05) is 12.1 Å². The first kappa shape index (κ1) is 15.1. The molecule has 0 aliphatic carbocycles. The Kier molecular flexibility index (Phi) is 4.80. The van der Waals surface area contributed by atoms with Crippen LogP contribution in [0.15, 0.2) is 36.4 Å². The van der Waals surface area contributed by atoms with Gasteiger partial charge in [-0.1, -0.05) is 23.7 Å². The van der Waals surface area contributed by atoms with Crippen molar-refractivity contribution in [2.24, 2.45) is 0 Å². The van der Waals surface area contributed by atoms with Crippen LogP contribution >= 0.6 is 11.6 Å². The van der Waals surface area contributed by atoms with Crippen LogP contribution in [0.2, 0.25) is 5.02 Å². The van der Waals surface area contributed by atoms with Crippen LogP contribution < -0.4 is 14.8 Å². The highest BCUT2D eigenvalue weighted by atomic mass is 35.5. The number of hydrogen-bond donors (Lipinski definition) is 1. The third-order valence-corrected chi connectivity index (χ3v) is 3.77. The molecule has 5 heteroatoms. The van der Waals surface area contributed by atoms with Crippen molar-refractivity contribution in [1.82, 2.24) is 5.32 Å². The Morgan fingerprint density at radius 1 is 1.05 bits per heavy atom. The van der Waals surface area contributed by atoms with Gasteiger partial charge in [-0.15, -0.1) is 0 Å². The zero-order valence-electron chi connectivity index (χ0n) is 12.1. The van der Waals surface area contributed by atoms with Crippen LogP contribution in [-0.4, -0.2) is 19.8 Å². The van der Waals surface area contributed by atoms with Gasteiger partial charge in [-0.3, -0.25) is 0 Å². The molecule has 2 aromatic rings. The minimum Gasteiger partial charge on any atom is -0.486 e. The average Bonchev–Trinajstić information content (AvgIpc) is 2.53. The molecule has 0 atom stereocenters. The molecule has 0 radical (unpaired) electrons.